The van der Waals surface area contributed by atoms with E-state index in [9.17, 15) is 9.90 Å². The van der Waals surface area contributed by atoms with Gasteiger partial charge >= 0.3 is 5.97 Å². The molecular weight excluding hydrogens is 278 g/mol. The Morgan fingerprint density at radius 3 is 2.50 bits per heavy atom. The van der Waals surface area contributed by atoms with Gasteiger partial charge in [-0.3, -0.25) is 4.98 Å². The Hall–Kier alpha value is -2.62. The summed E-state index contributed by atoms with van der Waals surface area (Å²) < 4.78 is 4.70. The van der Waals surface area contributed by atoms with Gasteiger partial charge in [0.25, 0.3) is 0 Å². The summed E-state index contributed by atoms with van der Waals surface area (Å²) in [5.41, 5.74) is 2.91. The maximum Gasteiger partial charge on any atom is 0.373 e. The minimum absolute atomic E-state index is 0.225. The number of hydrogen-bond acceptors (Lipinski definition) is 4. The van der Waals surface area contributed by atoms with Crippen LogP contribution in [-0.2, 0) is 22.4 Å². The van der Waals surface area contributed by atoms with Crippen LogP contribution in [-0.4, -0.2) is 22.7 Å². The zero-order valence-corrected chi connectivity index (χ0v) is 12.5. The van der Waals surface area contributed by atoms with Crippen LogP contribution in [0.15, 0.2) is 54.4 Å². The second-order valence-corrected chi connectivity index (χ2v) is 4.83. The number of aryl methyl sites for hydroxylation is 2. The van der Waals surface area contributed by atoms with Gasteiger partial charge in [-0.25, -0.2) is 4.79 Å². The molecule has 1 N–H and O–H groups in total. The zero-order chi connectivity index (χ0) is 15.8. The predicted octanol–water partition coefficient (Wildman–Crippen LogP) is 3.33. The lowest BCUT2D eigenvalue weighted by atomic mass is 10.1. The minimum atomic E-state index is -0.738. The summed E-state index contributed by atoms with van der Waals surface area (Å²) in [5.74, 6) is -1.18. The number of esters is 1. The fourth-order valence-corrected chi connectivity index (χ4v) is 2.01. The predicted molar refractivity (Wildman–Crippen MR) is 85.3 cm³/mol. The molecule has 0 saturated heterocycles. The molecule has 114 valence electrons. The summed E-state index contributed by atoms with van der Waals surface area (Å²) in [5, 5.41) is 9.57. The van der Waals surface area contributed by atoms with E-state index in [0.717, 1.165) is 18.4 Å². The van der Waals surface area contributed by atoms with Crippen molar-refractivity contribution in [2.75, 3.05) is 6.61 Å². The topological polar surface area (TPSA) is 59.4 Å². The molecule has 0 amide bonds. The molecule has 0 radical (unpaired) electrons. The summed E-state index contributed by atoms with van der Waals surface area (Å²) in [4.78, 5) is 15.5. The van der Waals surface area contributed by atoms with Crippen LogP contribution in [0.5, 0.6) is 0 Å². The standard InChI is InChI=1S/C18H19NO3/c1-2-22-18(21)17(20)12-16-11-10-15(13-19-16)9-8-14-6-4-3-5-7-14/h3-7,10-13,20H,2,8-9H2,1H3. The molecule has 0 aliphatic heterocycles. The number of nitrogens with zero attached hydrogens (tertiary/aromatic N) is 1. The molecule has 0 atom stereocenters. The molecule has 0 spiro atoms. The van der Waals surface area contributed by atoms with Gasteiger partial charge in [0.05, 0.1) is 12.3 Å². The van der Waals surface area contributed by atoms with Crippen molar-refractivity contribution in [3.8, 4) is 0 Å². The van der Waals surface area contributed by atoms with Gasteiger partial charge in [0, 0.05) is 12.3 Å². The Labute approximate surface area is 130 Å². The molecule has 0 fully saturated rings. The molecule has 0 saturated carbocycles. The molecule has 2 rings (SSSR count). The van der Waals surface area contributed by atoms with Crippen LogP contribution in [0.4, 0.5) is 0 Å². The molecule has 22 heavy (non-hydrogen) atoms. The minimum Gasteiger partial charge on any atom is -0.502 e. The van der Waals surface area contributed by atoms with E-state index in [2.05, 4.69) is 17.1 Å². The average molecular weight is 297 g/mol. The first-order chi connectivity index (χ1) is 10.7. The number of aromatic nitrogens is 1. The van der Waals surface area contributed by atoms with Gasteiger partial charge in [-0.1, -0.05) is 36.4 Å². The van der Waals surface area contributed by atoms with Crippen molar-refractivity contribution in [1.82, 2.24) is 4.98 Å². The van der Waals surface area contributed by atoms with Crippen molar-refractivity contribution in [3.63, 3.8) is 0 Å². The monoisotopic (exact) mass is 297 g/mol. The van der Waals surface area contributed by atoms with E-state index < -0.39 is 11.7 Å². The van der Waals surface area contributed by atoms with E-state index in [0.29, 0.717) is 5.69 Å². The van der Waals surface area contributed by atoms with E-state index in [1.165, 1.54) is 11.6 Å². The van der Waals surface area contributed by atoms with Crippen LogP contribution < -0.4 is 0 Å². The third kappa shape index (κ3) is 4.74. The van der Waals surface area contributed by atoms with E-state index in [-0.39, 0.29) is 6.61 Å². The number of hydrogen-bond donors (Lipinski definition) is 1. The average Bonchev–Trinajstić information content (AvgIpc) is 2.55. The summed E-state index contributed by atoms with van der Waals surface area (Å²) in [6, 6.07) is 14.0. The largest absolute Gasteiger partial charge is 0.502 e. The van der Waals surface area contributed by atoms with Crippen molar-refractivity contribution < 1.29 is 14.6 Å². The highest BCUT2D eigenvalue weighted by Gasteiger charge is 2.08. The van der Waals surface area contributed by atoms with E-state index in [4.69, 9.17) is 4.74 Å². The van der Waals surface area contributed by atoms with Crippen molar-refractivity contribution >= 4 is 12.0 Å². The lowest BCUT2D eigenvalue weighted by Gasteiger charge is -2.03. The van der Waals surface area contributed by atoms with Gasteiger partial charge in [0.1, 0.15) is 0 Å². The van der Waals surface area contributed by atoms with Crippen molar-refractivity contribution in [1.29, 1.82) is 0 Å². The number of ether oxygens (including phenoxy) is 1. The fraction of sp³-hybridized carbons (Fsp3) is 0.222. The Kier molecular flexibility index (Phi) is 5.72. The van der Waals surface area contributed by atoms with Crippen molar-refractivity contribution in [2.45, 2.75) is 19.8 Å². The molecule has 1 aromatic carbocycles. The number of aliphatic hydroxyl groups excluding tert-OH is 1. The second kappa shape index (κ2) is 7.98. The van der Waals surface area contributed by atoms with E-state index in [1.807, 2.05) is 24.3 Å². The Balaban J connectivity index is 1.95. The van der Waals surface area contributed by atoms with Gasteiger partial charge in [0.2, 0.25) is 5.76 Å². The highest BCUT2D eigenvalue weighted by atomic mass is 16.5. The number of benzene rings is 1. The molecule has 1 aromatic heterocycles. The third-order valence-corrected chi connectivity index (χ3v) is 3.16. The van der Waals surface area contributed by atoms with Crippen LogP contribution in [0.2, 0.25) is 0 Å². The summed E-state index contributed by atoms with van der Waals surface area (Å²) in [6.07, 6.45) is 4.91. The van der Waals surface area contributed by atoms with Gasteiger partial charge in [0.15, 0.2) is 0 Å². The van der Waals surface area contributed by atoms with E-state index in [1.54, 1.807) is 19.2 Å². The Morgan fingerprint density at radius 1 is 1.14 bits per heavy atom. The number of pyridine rings is 1. The van der Waals surface area contributed by atoms with Crippen LogP contribution in [0.25, 0.3) is 6.08 Å². The van der Waals surface area contributed by atoms with Gasteiger partial charge in [-0.15, -0.1) is 0 Å². The lowest BCUT2D eigenvalue weighted by molar-refractivity contribution is -0.141. The highest BCUT2D eigenvalue weighted by molar-refractivity contribution is 5.90. The molecule has 0 aliphatic rings. The smallest absolute Gasteiger partial charge is 0.373 e. The molecular formula is C18H19NO3. The van der Waals surface area contributed by atoms with Crippen LogP contribution in [0.3, 0.4) is 0 Å². The maximum absolute atomic E-state index is 11.3. The first kappa shape index (κ1) is 15.8. The normalized spacial score (nSPS) is 11.2. The Morgan fingerprint density at radius 2 is 1.86 bits per heavy atom. The van der Waals surface area contributed by atoms with E-state index >= 15 is 0 Å². The number of rotatable bonds is 6. The van der Waals surface area contributed by atoms with Crippen molar-refractivity contribution in [3.05, 3.63) is 71.2 Å². The fourth-order valence-electron chi connectivity index (χ4n) is 2.01. The number of carbonyl (C=O) groups is 1. The number of carbonyl (C=O) groups excluding carboxylic acids is 1. The number of aliphatic hydroxyl groups is 1. The summed E-state index contributed by atoms with van der Waals surface area (Å²) >= 11 is 0. The van der Waals surface area contributed by atoms with Gasteiger partial charge in [-0.05, 0) is 37.0 Å². The third-order valence-electron chi connectivity index (χ3n) is 3.16. The van der Waals surface area contributed by atoms with Gasteiger partial charge in [-0.2, -0.15) is 0 Å². The second-order valence-electron chi connectivity index (χ2n) is 4.83. The van der Waals surface area contributed by atoms with Crippen molar-refractivity contribution in [2.24, 2.45) is 0 Å². The molecule has 0 bridgehead atoms. The molecule has 4 nitrogen and oxygen atoms in total. The quantitative estimate of drug-likeness (QED) is 0.505. The maximum atomic E-state index is 11.3. The first-order valence-corrected chi connectivity index (χ1v) is 7.25. The molecule has 2 aromatic rings. The first-order valence-electron chi connectivity index (χ1n) is 7.25. The van der Waals surface area contributed by atoms with Gasteiger partial charge < -0.3 is 9.84 Å². The highest BCUT2D eigenvalue weighted by Crippen LogP contribution is 2.09. The Bertz CT molecular complexity index is 633. The summed E-state index contributed by atoms with van der Waals surface area (Å²) in [6.45, 7) is 1.91. The lowest BCUT2D eigenvalue weighted by Crippen LogP contribution is -2.06. The summed E-state index contributed by atoms with van der Waals surface area (Å²) in [7, 11) is 0. The zero-order valence-electron chi connectivity index (χ0n) is 12.5. The molecule has 0 aliphatic carbocycles. The van der Waals surface area contributed by atoms with Crippen LogP contribution >= 0.6 is 0 Å². The molecule has 0 unspecified atom stereocenters. The van der Waals surface area contributed by atoms with Crippen LogP contribution in [0, 0.1) is 0 Å². The molecule has 4 heteroatoms. The molecule has 1 heterocycles. The SMILES string of the molecule is CCOC(=O)C(O)=Cc1ccc(CCc2ccccc2)cn1. The van der Waals surface area contributed by atoms with Crippen LogP contribution in [0.1, 0.15) is 23.7 Å².